The molecule has 4 rings (SSSR count). The topological polar surface area (TPSA) is 152 Å². The number of alkyl halides is 3. The third kappa shape index (κ3) is 6.13. The Bertz CT molecular complexity index is 1550. The van der Waals surface area contributed by atoms with E-state index < -0.39 is 55.8 Å². The first kappa shape index (κ1) is 29.8. The summed E-state index contributed by atoms with van der Waals surface area (Å²) in [5.74, 6) is -3.65. The van der Waals surface area contributed by atoms with Gasteiger partial charge in [0.15, 0.2) is 9.84 Å². The Kier molecular flexibility index (Phi) is 7.98. The number of ether oxygens (including phenoxy) is 1. The number of hydrogen-bond donors (Lipinski definition) is 1. The molecule has 1 aliphatic rings. The van der Waals surface area contributed by atoms with E-state index in [1.165, 1.54) is 26.0 Å². The van der Waals surface area contributed by atoms with Crippen LogP contribution in [-0.4, -0.2) is 42.7 Å². The second-order valence-corrected chi connectivity index (χ2v) is 11.0. The van der Waals surface area contributed by atoms with Crippen molar-refractivity contribution in [1.29, 1.82) is 5.26 Å². The highest BCUT2D eigenvalue weighted by molar-refractivity contribution is 7.91. The Labute approximate surface area is 225 Å². The van der Waals surface area contributed by atoms with Gasteiger partial charge in [-0.1, -0.05) is 12.1 Å². The summed E-state index contributed by atoms with van der Waals surface area (Å²) in [7, 11) is -4.24. The monoisotopic (exact) mass is 589 g/mol. The van der Waals surface area contributed by atoms with Crippen molar-refractivity contribution in [1.82, 2.24) is 10.2 Å². The lowest BCUT2D eigenvalue weighted by molar-refractivity contribution is -0.274. The number of fused-ring (bicyclic) bond motifs is 1. The van der Waals surface area contributed by atoms with Crippen LogP contribution in [-0.2, 0) is 26.6 Å². The standard InChI is InChI=1S/C23H19F4N5O5S.ClH/c1-22(2,11-28)21-31-30-19(36-21)14-7-17-18(8-15(14)24)38(34,35)10-16(29)20(33)32(17)9-12-3-5-13(6-4-12)37-23(25,26)27;/h3-8,16H,9-10,29H2,1-2H3;1H/t16-;/m0./s1. The smallest absolute Gasteiger partial charge is 0.419 e. The van der Waals surface area contributed by atoms with Crippen molar-refractivity contribution in [3.05, 3.63) is 53.7 Å². The molecule has 0 saturated carbocycles. The van der Waals surface area contributed by atoms with Crippen LogP contribution in [0.3, 0.4) is 0 Å². The van der Waals surface area contributed by atoms with Crippen LogP contribution in [0.5, 0.6) is 5.75 Å². The van der Waals surface area contributed by atoms with Gasteiger partial charge in [-0.2, -0.15) is 5.26 Å². The molecule has 0 unspecified atom stereocenters. The molecule has 2 N–H and O–H groups in total. The van der Waals surface area contributed by atoms with E-state index in [9.17, 15) is 31.6 Å². The number of carbonyl (C=O) groups is 1. The summed E-state index contributed by atoms with van der Waals surface area (Å²) < 4.78 is 87.8. The summed E-state index contributed by atoms with van der Waals surface area (Å²) in [6.07, 6.45) is -4.90. The van der Waals surface area contributed by atoms with E-state index in [-0.39, 0.29) is 42.0 Å². The van der Waals surface area contributed by atoms with E-state index in [0.717, 1.165) is 23.1 Å². The first-order valence-corrected chi connectivity index (χ1v) is 12.5. The normalized spacial score (nSPS) is 17.0. The van der Waals surface area contributed by atoms with E-state index in [2.05, 4.69) is 14.9 Å². The number of hydrogen-bond acceptors (Lipinski definition) is 9. The van der Waals surface area contributed by atoms with Crippen molar-refractivity contribution in [2.45, 2.75) is 43.1 Å². The molecule has 2 aromatic carbocycles. The molecule has 0 fully saturated rings. The SMILES string of the molecule is CC(C)(C#N)c1nnc(-c2cc3c(cc2F)S(=O)(=O)C[C@H](N)C(=O)N3Cc2ccc(OC(F)(F)F)cc2)o1.Cl. The number of benzene rings is 2. The Morgan fingerprint density at radius 1 is 1.21 bits per heavy atom. The van der Waals surface area contributed by atoms with Gasteiger partial charge in [-0.25, -0.2) is 12.8 Å². The van der Waals surface area contributed by atoms with Crippen molar-refractivity contribution in [2.75, 3.05) is 10.7 Å². The molecular formula is C23H20ClF4N5O5S. The zero-order valence-corrected chi connectivity index (χ0v) is 21.8. The fourth-order valence-electron chi connectivity index (χ4n) is 3.66. The number of nitrogens with zero attached hydrogens (tertiary/aromatic N) is 4. The molecule has 10 nitrogen and oxygen atoms in total. The second kappa shape index (κ2) is 10.4. The first-order valence-electron chi connectivity index (χ1n) is 10.8. The molecule has 0 radical (unpaired) electrons. The molecule has 1 aromatic heterocycles. The molecule has 2 heterocycles. The Morgan fingerprint density at radius 2 is 1.85 bits per heavy atom. The summed E-state index contributed by atoms with van der Waals surface area (Å²) in [5, 5.41) is 16.8. The number of sulfone groups is 1. The van der Waals surface area contributed by atoms with E-state index >= 15 is 4.39 Å². The molecule has 1 atom stereocenters. The third-order valence-corrected chi connectivity index (χ3v) is 7.42. The van der Waals surface area contributed by atoms with Crippen LogP contribution in [0.15, 0.2) is 45.7 Å². The predicted molar refractivity (Wildman–Crippen MR) is 130 cm³/mol. The molecule has 16 heteroatoms. The fourth-order valence-corrected chi connectivity index (χ4v) is 5.22. The number of amides is 1. The van der Waals surface area contributed by atoms with Crippen molar-refractivity contribution in [3.8, 4) is 23.3 Å². The van der Waals surface area contributed by atoms with E-state index in [0.29, 0.717) is 11.6 Å². The van der Waals surface area contributed by atoms with Gasteiger partial charge in [0, 0.05) is 0 Å². The molecule has 1 aliphatic heterocycles. The van der Waals surface area contributed by atoms with Crippen molar-refractivity contribution < 1.29 is 39.9 Å². The number of aromatic nitrogens is 2. The molecule has 3 aromatic rings. The summed E-state index contributed by atoms with van der Waals surface area (Å²) in [6, 6.07) is 6.74. The number of rotatable bonds is 5. The minimum Gasteiger partial charge on any atom is -0.419 e. The van der Waals surface area contributed by atoms with Gasteiger partial charge in [-0.3, -0.25) is 4.79 Å². The molecule has 1 amide bonds. The van der Waals surface area contributed by atoms with Crippen LogP contribution in [0.25, 0.3) is 11.5 Å². The zero-order valence-electron chi connectivity index (χ0n) is 20.2. The van der Waals surface area contributed by atoms with Gasteiger partial charge in [-0.15, -0.1) is 35.8 Å². The maximum Gasteiger partial charge on any atom is 0.573 e. The molecule has 0 saturated heterocycles. The average molecular weight is 590 g/mol. The second-order valence-electron chi connectivity index (χ2n) is 8.95. The lowest BCUT2D eigenvalue weighted by Gasteiger charge is -2.24. The van der Waals surface area contributed by atoms with Crippen LogP contribution in [0.1, 0.15) is 25.3 Å². The van der Waals surface area contributed by atoms with Crippen molar-refractivity contribution >= 4 is 33.8 Å². The Hall–Kier alpha value is -3.74. The highest BCUT2D eigenvalue weighted by Crippen LogP contribution is 2.37. The molecular weight excluding hydrogens is 570 g/mol. The van der Waals surface area contributed by atoms with Gasteiger partial charge in [0.25, 0.3) is 5.89 Å². The quantitative estimate of drug-likeness (QED) is 0.439. The fraction of sp³-hybridized carbons (Fsp3) is 0.304. The van der Waals surface area contributed by atoms with Gasteiger partial charge in [-0.05, 0) is 43.7 Å². The summed E-state index contributed by atoms with van der Waals surface area (Å²) in [5.41, 5.74) is 4.36. The molecule has 0 aliphatic carbocycles. The highest BCUT2D eigenvalue weighted by Gasteiger charge is 2.38. The number of nitrogens with two attached hydrogens (primary N) is 1. The number of anilines is 1. The minimum absolute atomic E-state index is 0. The largest absolute Gasteiger partial charge is 0.573 e. The van der Waals surface area contributed by atoms with Gasteiger partial charge >= 0.3 is 6.36 Å². The Morgan fingerprint density at radius 3 is 2.44 bits per heavy atom. The lowest BCUT2D eigenvalue weighted by Crippen LogP contribution is -2.45. The highest BCUT2D eigenvalue weighted by atomic mass is 35.5. The van der Waals surface area contributed by atoms with Gasteiger partial charge < -0.3 is 19.8 Å². The van der Waals surface area contributed by atoms with Crippen LogP contribution >= 0.6 is 12.4 Å². The van der Waals surface area contributed by atoms with Crippen LogP contribution < -0.4 is 15.4 Å². The number of nitriles is 1. The summed E-state index contributed by atoms with van der Waals surface area (Å²) in [4.78, 5) is 13.6. The van der Waals surface area contributed by atoms with Crippen molar-refractivity contribution in [2.24, 2.45) is 5.73 Å². The number of halogens is 5. The minimum atomic E-state index is -4.90. The first-order chi connectivity index (χ1) is 17.6. The maximum atomic E-state index is 15.2. The van der Waals surface area contributed by atoms with Crippen LogP contribution in [0.2, 0.25) is 0 Å². The molecule has 39 heavy (non-hydrogen) atoms. The number of carbonyl (C=O) groups excluding carboxylic acids is 1. The Balaban J connectivity index is 0.00000420. The van der Waals surface area contributed by atoms with Gasteiger partial charge in [0.1, 0.15) is 17.0 Å². The van der Waals surface area contributed by atoms with Crippen LogP contribution in [0.4, 0.5) is 23.2 Å². The van der Waals surface area contributed by atoms with E-state index in [4.69, 9.17) is 10.2 Å². The summed E-state index contributed by atoms with van der Waals surface area (Å²) >= 11 is 0. The predicted octanol–water partition coefficient (Wildman–Crippen LogP) is 3.65. The van der Waals surface area contributed by atoms with E-state index in [1.807, 2.05) is 6.07 Å². The summed E-state index contributed by atoms with van der Waals surface area (Å²) in [6.45, 7) is 2.68. The van der Waals surface area contributed by atoms with Crippen molar-refractivity contribution in [3.63, 3.8) is 0 Å². The van der Waals surface area contributed by atoms with Gasteiger partial charge in [0.2, 0.25) is 11.8 Å². The average Bonchev–Trinajstić information content (AvgIpc) is 3.31. The van der Waals surface area contributed by atoms with Crippen LogP contribution in [0, 0.1) is 17.1 Å². The van der Waals surface area contributed by atoms with E-state index in [1.54, 1.807) is 0 Å². The third-order valence-electron chi connectivity index (χ3n) is 5.62. The maximum absolute atomic E-state index is 15.2. The molecule has 208 valence electrons. The van der Waals surface area contributed by atoms with Gasteiger partial charge in [0.05, 0.1) is 40.6 Å². The lowest BCUT2D eigenvalue weighted by atomic mass is 9.96. The molecule has 0 bridgehead atoms. The zero-order chi connectivity index (χ0) is 28.0. The molecule has 0 spiro atoms.